The van der Waals surface area contributed by atoms with E-state index in [1.54, 1.807) is 0 Å². The summed E-state index contributed by atoms with van der Waals surface area (Å²) in [6.07, 6.45) is 6.77. The zero-order valence-corrected chi connectivity index (χ0v) is 9.84. The molecule has 0 spiro atoms. The second-order valence-electron chi connectivity index (χ2n) is 5.26. The fourth-order valence-electron chi connectivity index (χ4n) is 2.71. The van der Waals surface area contributed by atoms with Crippen LogP contribution in [0.5, 0.6) is 0 Å². The molecule has 0 saturated heterocycles. The van der Waals surface area contributed by atoms with Crippen molar-refractivity contribution in [3.63, 3.8) is 0 Å². The first-order valence-electron chi connectivity index (χ1n) is 5.81. The highest BCUT2D eigenvalue weighted by Crippen LogP contribution is 2.43. The van der Waals surface area contributed by atoms with Crippen LogP contribution in [0.15, 0.2) is 4.99 Å². The van der Waals surface area contributed by atoms with Crippen LogP contribution in [0.2, 0.25) is 0 Å². The molecule has 1 aliphatic carbocycles. The summed E-state index contributed by atoms with van der Waals surface area (Å²) in [5.74, 6) is 1.52. The summed E-state index contributed by atoms with van der Waals surface area (Å²) in [4.78, 5) is 4.43. The Hall–Kier alpha value is -0.530. The number of hydrogen-bond acceptors (Lipinski definition) is 1. The predicted molar refractivity (Wildman–Crippen MR) is 62.5 cm³/mol. The maximum absolute atomic E-state index is 5.61. The van der Waals surface area contributed by atoms with Gasteiger partial charge in [-0.25, -0.2) is 0 Å². The minimum atomic E-state index is 0.481. The van der Waals surface area contributed by atoms with E-state index >= 15 is 0 Å². The van der Waals surface area contributed by atoms with Crippen LogP contribution < -0.4 is 5.73 Å². The molecule has 0 aromatic rings. The summed E-state index contributed by atoms with van der Waals surface area (Å²) < 4.78 is 0. The van der Waals surface area contributed by atoms with Gasteiger partial charge in [-0.05, 0) is 37.5 Å². The Kier molecular flexibility index (Phi) is 3.97. The Morgan fingerprint density at radius 2 is 1.93 bits per heavy atom. The number of aliphatic imine (C=N–C) groups is 1. The van der Waals surface area contributed by atoms with E-state index < -0.39 is 0 Å². The highest BCUT2D eigenvalue weighted by molar-refractivity contribution is 5.77. The SMILES string of the molecule is CC(N)=NCC1(CC(C)C)CCCC1. The lowest BCUT2D eigenvalue weighted by Gasteiger charge is -2.29. The molecule has 2 N–H and O–H groups in total. The van der Waals surface area contributed by atoms with Crippen molar-refractivity contribution in [1.82, 2.24) is 0 Å². The van der Waals surface area contributed by atoms with Crippen molar-refractivity contribution in [1.29, 1.82) is 0 Å². The van der Waals surface area contributed by atoms with Crippen LogP contribution in [0.1, 0.15) is 52.9 Å². The van der Waals surface area contributed by atoms with Gasteiger partial charge in [0.1, 0.15) is 0 Å². The summed E-state index contributed by atoms with van der Waals surface area (Å²) >= 11 is 0. The smallest absolute Gasteiger partial charge is 0.0905 e. The van der Waals surface area contributed by atoms with E-state index in [0.717, 1.165) is 18.3 Å². The summed E-state index contributed by atoms with van der Waals surface area (Å²) in [7, 11) is 0. The third kappa shape index (κ3) is 3.32. The van der Waals surface area contributed by atoms with E-state index in [1.165, 1.54) is 32.1 Å². The number of amidine groups is 1. The standard InChI is InChI=1S/C12H24N2/c1-10(2)8-12(6-4-5-7-12)9-14-11(3)13/h10H,4-9H2,1-3H3,(H2,13,14). The second-order valence-corrected chi connectivity index (χ2v) is 5.26. The maximum Gasteiger partial charge on any atom is 0.0905 e. The van der Waals surface area contributed by atoms with Gasteiger partial charge in [0.15, 0.2) is 0 Å². The highest BCUT2D eigenvalue weighted by Gasteiger charge is 2.33. The Morgan fingerprint density at radius 1 is 1.36 bits per heavy atom. The third-order valence-corrected chi connectivity index (χ3v) is 3.17. The van der Waals surface area contributed by atoms with E-state index in [1.807, 2.05) is 6.92 Å². The fraction of sp³-hybridized carbons (Fsp3) is 0.917. The number of rotatable bonds is 4. The van der Waals surface area contributed by atoms with Crippen molar-refractivity contribution >= 4 is 5.84 Å². The van der Waals surface area contributed by atoms with Crippen LogP contribution in [-0.4, -0.2) is 12.4 Å². The van der Waals surface area contributed by atoms with Gasteiger partial charge in [-0.1, -0.05) is 26.7 Å². The lowest BCUT2D eigenvalue weighted by molar-refractivity contribution is 0.245. The third-order valence-electron chi connectivity index (χ3n) is 3.17. The van der Waals surface area contributed by atoms with E-state index in [0.29, 0.717) is 5.41 Å². The van der Waals surface area contributed by atoms with Crippen molar-refractivity contribution in [2.24, 2.45) is 22.1 Å². The normalized spacial score (nSPS) is 21.9. The maximum atomic E-state index is 5.61. The Bertz CT molecular complexity index is 196. The molecule has 1 aliphatic rings. The first kappa shape index (κ1) is 11.5. The van der Waals surface area contributed by atoms with Gasteiger partial charge < -0.3 is 5.73 Å². The molecule has 0 bridgehead atoms. The minimum absolute atomic E-state index is 0.481. The van der Waals surface area contributed by atoms with Gasteiger partial charge in [0.05, 0.1) is 5.84 Å². The molecular formula is C12H24N2. The zero-order valence-electron chi connectivity index (χ0n) is 9.84. The molecule has 14 heavy (non-hydrogen) atoms. The summed E-state index contributed by atoms with van der Waals surface area (Å²) in [5.41, 5.74) is 6.09. The van der Waals surface area contributed by atoms with Crippen molar-refractivity contribution in [2.45, 2.75) is 52.9 Å². The van der Waals surface area contributed by atoms with Crippen molar-refractivity contribution in [3.8, 4) is 0 Å². The largest absolute Gasteiger partial charge is 0.388 e. The van der Waals surface area contributed by atoms with Crippen LogP contribution in [0.25, 0.3) is 0 Å². The average Bonchev–Trinajstić information content (AvgIpc) is 2.49. The van der Waals surface area contributed by atoms with Crippen LogP contribution >= 0.6 is 0 Å². The van der Waals surface area contributed by atoms with Gasteiger partial charge in [0.25, 0.3) is 0 Å². The second kappa shape index (κ2) is 4.81. The molecule has 1 fully saturated rings. The molecule has 0 aliphatic heterocycles. The number of hydrogen-bond donors (Lipinski definition) is 1. The molecule has 0 aromatic heterocycles. The summed E-state index contributed by atoms with van der Waals surface area (Å²) in [5, 5.41) is 0. The molecule has 0 aromatic carbocycles. The Balaban J connectivity index is 2.57. The van der Waals surface area contributed by atoms with Crippen LogP contribution in [0.3, 0.4) is 0 Å². The number of nitrogens with two attached hydrogens (primary N) is 1. The van der Waals surface area contributed by atoms with Crippen molar-refractivity contribution < 1.29 is 0 Å². The van der Waals surface area contributed by atoms with Gasteiger partial charge in [-0.3, -0.25) is 4.99 Å². The topological polar surface area (TPSA) is 38.4 Å². The van der Waals surface area contributed by atoms with Crippen molar-refractivity contribution in [2.75, 3.05) is 6.54 Å². The van der Waals surface area contributed by atoms with Gasteiger partial charge in [0, 0.05) is 6.54 Å². The Labute approximate surface area is 88.0 Å². The predicted octanol–water partition coefficient (Wildman–Crippen LogP) is 2.97. The molecule has 0 heterocycles. The fourth-order valence-corrected chi connectivity index (χ4v) is 2.71. The monoisotopic (exact) mass is 196 g/mol. The molecule has 2 heteroatoms. The first-order chi connectivity index (χ1) is 6.54. The molecule has 1 saturated carbocycles. The quantitative estimate of drug-likeness (QED) is 0.545. The molecule has 0 amide bonds. The molecule has 82 valence electrons. The van der Waals surface area contributed by atoms with Gasteiger partial charge >= 0.3 is 0 Å². The van der Waals surface area contributed by atoms with Gasteiger partial charge in [-0.2, -0.15) is 0 Å². The van der Waals surface area contributed by atoms with E-state index in [9.17, 15) is 0 Å². The van der Waals surface area contributed by atoms with Crippen LogP contribution in [0, 0.1) is 11.3 Å². The lowest BCUT2D eigenvalue weighted by Crippen LogP contribution is -2.24. The van der Waals surface area contributed by atoms with Crippen LogP contribution in [-0.2, 0) is 0 Å². The van der Waals surface area contributed by atoms with Crippen molar-refractivity contribution in [3.05, 3.63) is 0 Å². The minimum Gasteiger partial charge on any atom is -0.388 e. The summed E-state index contributed by atoms with van der Waals surface area (Å²) in [6.45, 7) is 7.45. The Morgan fingerprint density at radius 3 is 2.36 bits per heavy atom. The van der Waals surface area contributed by atoms with E-state index in [-0.39, 0.29) is 0 Å². The summed E-state index contributed by atoms with van der Waals surface area (Å²) in [6, 6.07) is 0. The molecular weight excluding hydrogens is 172 g/mol. The van der Waals surface area contributed by atoms with Crippen LogP contribution in [0.4, 0.5) is 0 Å². The number of nitrogens with zero attached hydrogens (tertiary/aromatic N) is 1. The molecule has 0 atom stereocenters. The highest BCUT2D eigenvalue weighted by atomic mass is 14.9. The van der Waals surface area contributed by atoms with Gasteiger partial charge in [0.2, 0.25) is 0 Å². The first-order valence-corrected chi connectivity index (χ1v) is 5.81. The zero-order chi connectivity index (χ0) is 10.6. The van der Waals surface area contributed by atoms with E-state index in [2.05, 4.69) is 18.8 Å². The molecule has 0 unspecified atom stereocenters. The lowest BCUT2D eigenvalue weighted by atomic mass is 9.78. The average molecular weight is 196 g/mol. The molecule has 2 nitrogen and oxygen atoms in total. The molecule has 0 radical (unpaired) electrons. The van der Waals surface area contributed by atoms with E-state index in [4.69, 9.17) is 5.73 Å². The molecule has 1 rings (SSSR count). The van der Waals surface area contributed by atoms with Gasteiger partial charge in [-0.15, -0.1) is 0 Å².